The van der Waals surface area contributed by atoms with E-state index >= 15 is 0 Å². The van der Waals surface area contributed by atoms with Crippen LogP contribution in [0, 0.1) is 6.92 Å². The van der Waals surface area contributed by atoms with Crippen LogP contribution in [0.3, 0.4) is 0 Å². The lowest BCUT2D eigenvalue weighted by atomic mass is 10.2. The third-order valence-electron chi connectivity index (χ3n) is 4.12. The lowest BCUT2D eigenvalue weighted by Crippen LogP contribution is -2.45. The molecular formula is C16H18N4O. The van der Waals surface area contributed by atoms with Crippen LogP contribution in [0.2, 0.25) is 0 Å². The predicted molar refractivity (Wildman–Crippen MR) is 83.8 cm³/mol. The molecule has 0 unspecified atom stereocenters. The average Bonchev–Trinajstić information content (AvgIpc) is 2.86. The van der Waals surface area contributed by atoms with Gasteiger partial charge in [0.15, 0.2) is 11.4 Å². The molecule has 1 fully saturated rings. The van der Waals surface area contributed by atoms with Crippen molar-refractivity contribution < 1.29 is 4.42 Å². The first-order valence-electron chi connectivity index (χ1n) is 7.32. The van der Waals surface area contributed by atoms with Gasteiger partial charge in [-0.05, 0) is 26.1 Å². The maximum Gasteiger partial charge on any atom is 0.196 e. The number of nitrogens with zero attached hydrogens (tertiary/aromatic N) is 4. The Balaban J connectivity index is 1.91. The number of hydrogen-bond acceptors (Lipinski definition) is 5. The smallest absolute Gasteiger partial charge is 0.196 e. The molecule has 5 heteroatoms. The van der Waals surface area contributed by atoms with Crippen LogP contribution in [0.25, 0.3) is 22.1 Å². The Morgan fingerprint density at radius 3 is 2.62 bits per heavy atom. The van der Waals surface area contributed by atoms with Gasteiger partial charge in [0.1, 0.15) is 16.9 Å². The molecule has 0 spiro atoms. The minimum Gasteiger partial charge on any atom is -0.450 e. The Bertz CT molecular complexity index is 802. The molecule has 1 saturated heterocycles. The number of hydrogen-bond donors (Lipinski definition) is 0. The highest BCUT2D eigenvalue weighted by Gasteiger charge is 2.21. The standard InChI is InChI=1S/C16H18N4O/c1-11-17-14-12-5-3-4-6-13(12)21-15(14)16(18-11)20-9-7-19(2)8-10-20/h3-6H,7-10H2,1-2H3. The third-order valence-corrected chi connectivity index (χ3v) is 4.12. The zero-order valence-corrected chi connectivity index (χ0v) is 12.3. The second kappa shape index (κ2) is 4.70. The molecule has 4 rings (SSSR count). The van der Waals surface area contributed by atoms with Crippen molar-refractivity contribution in [1.82, 2.24) is 14.9 Å². The molecule has 0 bridgehead atoms. The fraction of sp³-hybridized carbons (Fsp3) is 0.375. The van der Waals surface area contributed by atoms with Crippen molar-refractivity contribution in [2.24, 2.45) is 0 Å². The van der Waals surface area contributed by atoms with Gasteiger partial charge in [-0.15, -0.1) is 0 Å². The van der Waals surface area contributed by atoms with Crippen LogP contribution in [0.1, 0.15) is 5.82 Å². The number of furan rings is 1. The molecule has 1 aliphatic heterocycles. The van der Waals surface area contributed by atoms with Crippen molar-refractivity contribution in [3.05, 3.63) is 30.1 Å². The zero-order valence-electron chi connectivity index (χ0n) is 12.3. The molecule has 1 aromatic carbocycles. The maximum atomic E-state index is 6.04. The highest BCUT2D eigenvalue weighted by molar-refractivity contribution is 6.05. The molecule has 0 N–H and O–H groups in total. The van der Waals surface area contributed by atoms with Gasteiger partial charge in [0.25, 0.3) is 0 Å². The highest BCUT2D eigenvalue weighted by Crippen LogP contribution is 2.33. The van der Waals surface area contributed by atoms with E-state index in [9.17, 15) is 0 Å². The second-order valence-electron chi connectivity index (χ2n) is 5.66. The van der Waals surface area contributed by atoms with Crippen molar-refractivity contribution in [2.45, 2.75) is 6.92 Å². The first kappa shape index (κ1) is 12.6. The Morgan fingerprint density at radius 2 is 1.81 bits per heavy atom. The summed E-state index contributed by atoms with van der Waals surface area (Å²) in [5.41, 5.74) is 2.61. The first-order chi connectivity index (χ1) is 10.2. The largest absolute Gasteiger partial charge is 0.450 e. The molecule has 0 radical (unpaired) electrons. The number of para-hydroxylation sites is 1. The third kappa shape index (κ3) is 2.05. The molecule has 0 aliphatic carbocycles. The summed E-state index contributed by atoms with van der Waals surface area (Å²) in [6, 6.07) is 8.05. The molecule has 5 nitrogen and oxygen atoms in total. The number of aromatic nitrogens is 2. The van der Waals surface area contributed by atoms with Crippen LogP contribution >= 0.6 is 0 Å². The fourth-order valence-electron chi connectivity index (χ4n) is 2.92. The van der Waals surface area contributed by atoms with Crippen LogP contribution in [0.4, 0.5) is 5.82 Å². The molecule has 3 aromatic rings. The Hall–Kier alpha value is -2.14. The van der Waals surface area contributed by atoms with E-state index in [1.54, 1.807) is 0 Å². The van der Waals surface area contributed by atoms with Crippen LogP contribution in [0.5, 0.6) is 0 Å². The number of likely N-dealkylation sites (N-methyl/N-ethyl adjacent to an activating group) is 1. The van der Waals surface area contributed by atoms with Crippen LogP contribution < -0.4 is 4.90 Å². The summed E-state index contributed by atoms with van der Waals surface area (Å²) in [7, 11) is 2.15. The summed E-state index contributed by atoms with van der Waals surface area (Å²) in [6.07, 6.45) is 0. The average molecular weight is 282 g/mol. The molecule has 1 aliphatic rings. The molecule has 21 heavy (non-hydrogen) atoms. The highest BCUT2D eigenvalue weighted by atomic mass is 16.3. The van der Waals surface area contributed by atoms with Crippen LogP contribution in [-0.2, 0) is 0 Å². The van der Waals surface area contributed by atoms with E-state index in [1.165, 1.54) is 0 Å². The fourth-order valence-corrected chi connectivity index (χ4v) is 2.92. The number of aryl methyl sites for hydroxylation is 1. The van der Waals surface area contributed by atoms with E-state index in [1.807, 2.05) is 25.1 Å². The number of piperazine rings is 1. The van der Waals surface area contributed by atoms with Gasteiger partial charge in [0.2, 0.25) is 0 Å². The van der Waals surface area contributed by atoms with Crippen molar-refractivity contribution in [3.63, 3.8) is 0 Å². The molecular weight excluding hydrogens is 264 g/mol. The van der Waals surface area contributed by atoms with Crippen LogP contribution in [0.15, 0.2) is 28.7 Å². The minimum absolute atomic E-state index is 0.794. The Morgan fingerprint density at radius 1 is 1.05 bits per heavy atom. The van der Waals surface area contributed by atoms with Gasteiger partial charge in [-0.25, -0.2) is 9.97 Å². The first-order valence-corrected chi connectivity index (χ1v) is 7.32. The van der Waals surface area contributed by atoms with E-state index in [4.69, 9.17) is 4.42 Å². The quantitative estimate of drug-likeness (QED) is 0.686. The minimum atomic E-state index is 0.794. The zero-order chi connectivity index (χ0) is 14.4. The van der Waals surface area contributed by atoms with Crippen molar-refractivity contribution >= 4 is 27.9 Å². The maximum absolute atomic E-state index is 6.04. The summed E-state index contributed by atoms with van der Waals surface area (Å²) in [5.74, 6) is 1.73. The van der Waals surface area contributed by atoms with E-state index in [2.05, 4.69) is 32.9 Å². The van der Waals surface area contributed by atoms with Crippen molar-refractivity contribution in [2.75, 3.05) is 38.1 Å². The molecule has 0 saturated carbocycles. The lowest BCUT2D eigenvalue weighted by Gasteiger charge is -2.33. The topological polar surface area (TPSA) is 45.4 Å². The van der Waals surface area contributed by atoms with Gasteiger partial charge in [-0.2, -0.15) is 0 Å². The Kier molecular flexibility index (Phi) is 2.82. The summed E-state index contributed by atoms with van der Waals surface area (Å²) in [6.45, 7) is 5.98. The van der Waals surface area contributed by atoms with E-state index in [0.29, 0.717) is 0 Å². The summed E-state index contributed by atoms with van der Waals surface area (Å²) < 4.78 is 6.04. The molecule has 0 amide bonds. The monoisotopic (exact) mass is 282 g/mol. The summed E-state index contributed by atoms with van der Waals surface area (Å²) in [5, 5.41) is 1.06. The van der Waals surface area contributed by atoms with Gasteiger partial charge >= 0.3 is 0 Å². The number of rotatable bonds is 1. The van der Waals surface area contributed by atoms with Crippen molar-refractivity contribution in [3.8, 4) is 0 Å². The van der Waals surface area contributed by atoms with Crippen molar-refractivity contribution in [1.29, 1.82) is 0 Å². The van der Waals surface area contributed by atoms with E-state index in [-0.39, 0.29) is 0 Å². The number of benzene rings is 1. The molecule has 2 aromatic heterocycles. The van der Waals surface area contributed by atoms with E-state index in [0.717, 1.165) is 59.9 Å². The predicted octanol–water partition coefficient (Wildman–Crippen LogP) is 2.44. The summed E-state index contributed by atoms with van der Waals surface area (Å²) >= 11 is 0. The molecule has 3 heterocycles. The van der Waals surface area contributed by atoms with Gasteiger partial charge in [0, 0.05) is 31.6 Å². The van der Waals surface area contributed by atoms with Gasteiger partial charge in [-0.1, -0.05) is 12.1 Å². The number of anilines is 1. The van der Waals surface area contributed by atoms with E-state index < -0.39 is 0 Å². The Labute approximate surface area is 123 Å². The SMILES string of the molecule is Cc1nc(N2CCN(C)CC2)c2oc3ccccc3c2n1. The van der Waals surface area contributed by atoms with Gasteiger partial charge < -0.3 is 14.2 Å². The van der Waals surface area contributed by atoms with Crippen LogP contribution in [-0.4, -0.2) is 48.1 Å². The number of fused-ring (bicyclic) bond motifs is 3. The molecule has 0 atom stereocenters. The normalized spacial score (nSPS) is 17.0. The second-order valence-corrected chi connectivity index (χ2v) is 5.66. The molecule has 108 valence electrons. The lowest BCUT2D eigenvalue weighted by molar-refractivity contribution is 0.312. The summed E-state index contributed by atoms with van der Waals surface area (Å²) in [4.78, 5) is 13.9. The van der Waals surface area contributed by atoms with Gasteiger partial charge in [-0.3, -0.25) is 0 Å². The van der Waals surface area contributed by atoms with Gasteiger partial charge in [0.05, 0.1) is 0 Å².